The van der Waals surface area contributed by atoms with Gasteiger partial charge in [0.1, 0.15) is 0 Å². The summed E-state index contributed by atoms with van der Waals surface area (Å²) < 4.78 is 11.7. The van der Waals surface area contributed by atoms with Crippen LogP contribution in [0.5, 0.6) is 0 Å². The predicted octanol–water partition coefficient (Wildman–Crippen LogP) is 5.00. The third-order valence-corrected chi connectivity index (χ3v) is 8.01. The van der Waals surface area contributed by atoms with Crippen molar-refractivity contribution in [2.24, 2.45) is 23.2 Å². The first-order chi connectivity index (χ1) is 12.6. The van der Waals surface area contributed by atoms with Gasteiger partial charge < -0.3 is 14.6 Å². The Labute approximate surface area is 158 Å². The molecule has 1 heterocycles. The normalized spacial score (nSPS) is 39.3. The Bertz CT molecular complexity index is 560. The van der Waals surface area contributed by atoms with Crippen LogP contribution < -0.4 is 0 Å². The molecule has 0 aromatic carbocycles. The van der Waals surface area contributed by atoms with Gasteiger partial charge in [-0.2, -0.15) is 0 Å². The maximum Gasteiger partial charge on any atom is 0.169 e. The molecule has 1 N–H and O–H groups in total. The van der Waals surface area contributed by atoms with Crippen molar-refractivity contribution in [3.8, 4) is 0 Å². The summed E-state index contributed by atoms with van der Waals surface area (Å²) in [6.07, 6.45) is 15.6. The van der Waals surface area contributed by atoms with Gasteiger partial charge in [-0.05, 0) is 68.1 Å². The molecule has 1 saturated heterocycles. The Balaban J connectivity index is 1.44. The van der Waals surface area contributed by atoms with Crippen LogP contribution in [0.4, 0.5) is 0 Å². The molecule has 0 aromatic heterocycles. The van der Waals surface area contributed by atoms with Gasteiger partial charge in [-0.25, -0.2) is 0 Å². The Kier molecular flexibility index (Phi) is 5.33. The number of aliphatic hydroxyl groups is 1. The third kappa shape index (κ3) is 3.31. The van der Waals surface area contributed by atoms with Crippen LogP contribution >= 0.6 is 0 Å². The molecule has 0 amide bonds. The van der Waals surface area contributed by atoms with E-state index >= 15 is 0 Å². The highest BCUT2D eigenvalue weighted by Gasteiger charge is 2.50. The predicted molar refractivity (Wildman–Crippen MR) is 104 cm³/mol. The monoisotopic (exact) mass is 360 g/mol. The number of hydrogen-bond donors (Lipinski definition) is 1. The van der Waals surface area contributed by atoms with Crippen LogP contribution in [0.1, 0.15) is 71.6 Å². The zero-order valence-corrected chi connectivity index (χ0v) is 16.6. The minimum absolute atomic E-state index is 0.257. The summed E-state index contributed by atoms with van der Waals surface area (Å²) in [7, 11) is 0. The SMILES string of the molecule is C[C@H](CO)C1CCC2/C(=C/C=C3CCC4(CC3)OCCO4)CCC[C@@]21C. The minimum atomic E-state index is -0.257. The molecular weight excluding hydrogens is 324 g/mol. The molecule has 4 fully saturated rings. The lowest BCUT2D eigenvalue weighted by Crippen LogP contribution is -2.36. The van der Waals surface area contributed by atoms with E-state index in [2.05, 4.69) is 26.0 Å². The lowest BCUT2D eigenvalue weighted by atomic mass is 9.61. The number of aliphatic hydroxyl groups excluding tert-OH is 1. The van der Waals surface area contributed by atoms with E-state index in [0.29, 0.717) is 23.9 Å². The van der Waals surface area contributed by atoms with Gasteiger partial charge in [-0.1, -0.05) is 37.1 Å². The first-order valence-corrected chi connectivity index (χ1v) is 10.8. The molecule has 146 valence electrons. The molecule has 3 nitrogen and oxygen atoms in total. The van der Waals surface area contributed by atoms with Gasteiger partial charge in [0, 0.05) is 19.4 Å². The second-order valence-electron chi connectivity index (χ2n) is 9.43. The molecule has 0 bridgehead atoms. The van der Waals surface area contributed by atoms with Crippen LogP contribution in [0.3, 0.4) is 0 Å². The maximum atomic E-state index is 9.68. The van der Waals surface area contributed by atoms with Crippen LogP contribution in [0.15, 0.2) is 23.3 Å². The molecular formula is C23H36O3. The highest BCUT2D eigenvalue weighted by molar-refractivity contribution is 5.26. The Hall–Kier alpha value is -0.640. The van der Waals surface area contributed by atoms with Crippen molar-refractivity contribution >= 4 is 0 Å². The average Bonchev–Trinajstić information content (AvgIpc) is 3.25. The molecule has 3 heteroatoms. The molecule has 2 unspecified atom stereocenters. The van der Waals surface area contributed by atoms with E-state index in [1.165, 1.54) is 32.1 Å². The van der Waals surface area contributed by atoms with Crippen LogP contribution in [-0.2, 0) is 9.47 Å². The Morgan fingerprint density at radius 1 is 1.08 bits per heavy atom. The van der Waals surface area contributed by atoms with Gasteiger partial charge in [0.15, 0.2) is 5.79 Å². The summed E-state index contributed by atoms with van der Waals surface area (Å²) in [5.74, 6) is 1.58. The third-order valence-electron chi connectivity index (χ3n) is 8.01. The molecule has 4 rings (SSSR count). The number of allylic oxidation sites excluding steroid dienone is 4. The van der Waals surface area contributed by atoms with Gasteiger partial charge in [0.2, 0.25) is 0 Å². The summed E-state index contributed by atoms with van der Waals surface area (Å²) in [5.41, 5.74) is 3.63. The standard InChI is InChI=1S/C23H36O3/c1-17(16-24)20-7-8-21-19(4-3-11-22(20,21)2)6-5-18-9-12-23(13-10-18)25-14-15-26-23/h5-6,17,20-21,24H,3-4,7-16H2,1-2H3/b19-6+/t17-,20?,21?,22-/m1/s1. The quantitative estimate of drug-likeness (QED) is 0.769. The van der Waals surface area contributed by atoms with Crippen LogP contribution in [0.25, 0.3) is 0 Å². The summed E-state index contributed by atoms with van der Waals surface area (Å²) in [6, 6.07) is 0. The highest BCUT2D eigenvalue weighted by atomic mass is 16.7. The number of rotatable bonds is 3. The Morgan fingerprint density at radius 3 is 2.50 bits per heavy atom. The highest BCUT2D eigenvalue weighted by Crippen LogP contribution is 2.59. The fraction of sp³-hybridized carbons (Fsp3) is 0.826. The van der Waals surface area contributed by atoms with E-state index in [4.69, 9.17) is 9.47 Å². The summed E-state index contributed by atoms with van der Waals surface area (Å²) in [6.45, 7) is 6.60. The van der Waals surface area contributed by atoms with Gasteiger partial charge in [0.05, 0.1) is 13.2 Å². The molecule has 1 aliphatic heterocycles. The van der Waals surface area contributed by atoms with Crippen molar-refractivity contribution in [1.82, 2.24) is 0 Å². The van der Waals surface area contributed by atoms with E-state index in [9.17, 15) is 5.11 Å². The van der Waals surface area contributed by atoms with E-state index in [0.717, 1.165) is 44.8 Å². The van der Waals surface area contributed by atoms with E-state index in [1.807, 2.05) is 0 Å². The zero-order chi connectivity index (χ0) is 18.2. The zero-order valence-electron chi connectivity index (χ0n) is 16.6. The molecule has 0 aromatic rings. The van der Waals surface area contributed by atoms with Gasteiger partial charge in [-0.15, -0.1) is 0 Å². The largest absolute Gasteiger partial charge is 0.396 e. The smallest absolute Gasteiger partial charge is 0.169 e. The summed E-state index contributed by atoms with van der Waals surface area (Å²) in [5, 5.41) is 9.68. The van der Waals surface area contributed by atoms with Crippen molar-refractivity contribution in [1.29, 1.82) is 0 Å². The van der Waals surface area contributed by atoms with Crippen LogP contribution in [0.2, 0.25) is 0 Å². The average molecular weight is 361 g/mol. The second-order valence-corrected chi connectivity index (χ2v) is 9.43. The first kappa shape index (κ1) is 18.7. The lowest BCUT2D eigenvalue weighted by molar-refractivity contribution is -0.171. The van der Waals surface area contributed by atoms with Gasteiger partial charge in [-0.3, -0.25) is 0 Å². The van der Waals surface area contributed by atoms with Crippen LogP contribution in [-0.4, -0.2) is 30.7 Å². The van der Waals surface area contributed by atoms with Gasteiger partial charge >= 0.3 is 0 Å². The molecule has 3 saturated carbocycles. The fourth-order valence-corrected chi connectivity index (χ4v) is 6.47. The van der Waals surface area contributed by atoms with Gasteiger partial charge in [0.25, 0.3) is 0 Å². The number of ether oxygens (including phenoxy) is 2. The maximum absolute atomic E-state index is 9.68. The molecule has 1 spiro atoms. The van der Waals surface area contributed by atoms with E-state index in [1.54, 1.807) is 11.1 Å². The van der Waals surface area contributed by atoms with Crippen molar-refractivity contribution in [2.45, 2.75) is 77.4 Å². The number of hydrogen-bond acceptors (Lipinski definition) is 3. The molecule has 26 heavy (non-hydrogen) atoms. The van der Waals surface area contributed by atoms with Crippen molar-refractivity contribution in [3.05, 3.63) is 23.3 Å². The lowest BCUT2D eigenvalue weighted by Gasteiger charge is -2.44. The topological polar surface area (TPSA) is 38.7 Å². The minimum Gasteiger partial charge on any atom is -0.396 e. The first-order valence-electron chi connectivity index (χ1n) is 10.8. The summed E-state index contributed by atoms with van der Waals surface area (Å²) in [4.78, 5) is 0. The summed E-state index contributed by atoms with van der Waals surface area (Å²) >= 11 is 0. The number of fused-ring (bicyclic) bond motifs is 1. The van der Waals surface area contributed by atoms with Crippen molar-refractivity contribution in [2.75, 3.05) is 19.8 Å². The molecule has 4 atom stereocenters. The Morgan fingerprint density at radius 2 is 1.81 bits per heavy atom. The molecule has 0 radical (unpaired) electrons. The van der Waals surface area contributed by atoms with Crippen molar-refractivity contribution < 1.29 is 14.6 Å². The van der Waals surface area contributed by atoms with E-state index < -0.39 is 0 Å². The molecule has 3 aliphatic carbocycles. The second kappa shape index (κ2) is 7.41. The van der Waals surface area contributed by atoms with Crippen LogP contribution in [0, 0.1) is 23.2 Å². The van der Waals surface area contributed by atoms with Crippen molar-refractivity contribution in [3.63, 3.8) is 0 Å². The van der Waals surface area contributed by atoms with E-state index in [-0.39, 0.29) is 5.79 Å². The molecule has 4 aliphatic rings. The fourth-order valence-electron chi connectivity index (χ4n) is 6.47.